The molecule has 0 atom stereocenters. The van der Waals surface area contributed by atoms with Gasteiger partial charge in [-0.25, -0.2) is 8.42 Å². The Balaban J connectivity index is 1.42. The highest BCUT2D eigenvalue weighted by atomic mass is 32.2. The number of hydrogen-bond donors (Lipinski definition) is 1. The van der Waals surface area contributed by atoms with Crippen molar-refractivity contribution in [3.63, 3.8) is 0 Å². The normalized spacial score (nSPS) is 17.6. The summed E-state index contributed by atoms with van der Waals surface area (Å²) < 4.78 is 25.4. The maximum Gasteiger partial charge on any atom is 0.261 e. The number of carbonyl (C=O) groups is 3. The van der Waals surface area contributed by atoms with E-state index in [1.807, 2.05) is 0 Å². The minimum atomic E-state index is -3.23. The van der Waals surface area contributed by atoms with E-state index in [2.05, 4.69) is 5.32 Å². The smallest absolute Gasteiger partial charge is 0.261 e. The molecule has 1 saturated heterocycles. The highest BCUT2D eigenvalue weighted by Crippen LogP contribution is 2.26. The Kier molecular flexibility index (Phi) is 4.90. The number of sulfonamides is 1. The Morgan fingerprint density at radius 2 is 1.73 bits per heavy atom. The summed E-state index contributed by atoms with van der Waals surface area (Å²) in [5, 5.41) is 2.66. The van der Waals surface area contributed by atoms with Gasteiger partial charge in [-0.05, 0) is 48.4 Å². The van der Waals surface area contributed by atoms with Crippen molar-refractivity contribution >= 4 is 45.2 Å². The number of imide groups is 1. The third kappa shape index (κ3) is 3.59. The van der Waals surface area contributed by atoms with Gasteiger partial charge in [-0.2, -0.15) is 0 Å². The van der Waals surface area contributed by atoms with Gasteiger partial charge in [0.1, 0.15) is 0 Å². The van der Waals surface area contributed by atoms with Crippen LogP contribution in [0.2, 0.25) is 0 Å². The lowest BCUT2D eigenvalue weighted by Gasteiger charge is -2.16. The van der Waals surface area contributed by atoms with Crippen molar-refractivity contribution in [1.29, 1.82) is 0 Å². The Hall–Kier alpha value is -3.46. The van der Waals surface area contributed by atoms with E-state index in [1.165, 1.54) is 29.6 Å². The Bertz CT molecular complexity index is 1190. The first-order valence-corrected chi connectivity index (χ1v) is 10.9. The molecule has 0 saturated carbocycles. The minimum Gasteiger partial charge on any atom is -0.322 e. The van der Waals surface area contributed by atoms with E-state index in [4.69, 9.17) is 0 Å². The molecule has 8 nitrogen and oxygen atoms in total. The zero-order chi connectivity index (χ0) is 21.5. The molecule has 9 heteroatoms. The van der Waals surface area contributed by atoms with E-state index < -0.39 is 21.8 Å². The number of nitrogens with one attached hydrogen (secondary N) is 1. The maximum atomic E-state index is 12.2. The lowest BCUT2D eigenvalue weighted by Crippen LogP contribution is -2.24. The van der Waals surface area contributed by atoms with Crippen LogP contribution in [0.25, 0.3) is 6.08 Å². The molecule has 154 valence electrons. The summed E-state index contributed by atoms with van der Waals surface area (Å²) >= 11 is 0. The summed E-state index contributed by atoms with van der Waals surface area (Å²) in [6.07, 6.45) is 3.56. The van der Waals surface area contributed by atoms with Crippen LogP contribution in [0.15, 0.2) is 48.5 Å². The highest BCUT2D eigenvalue weighted by molar-refractivity contribution is 7.93. The molecular weight excluding hydrogens is 406 g/mol. The fourth-order valence-electron chi connectivity index (χ4n) is 3.48. The van der Waals surface area contributed by atoms with Crippen LogP contribution in [0.5, 0.6) is 0 Å². The van der Waals surface area contributed by atoms with E-state index >= 15 is 0 Å². The van der Waals surface area contributed by atoms with Crippen LogP contribution in [0.4, 0.5) is 11.4 Å². The number of fused-ring (bicyclic) bond motifs is 1. The molecule has 0 radical (unpaired) electrons. The number of benzene rings is 2. The highest BCUT2D eigenvalue weighted by Gasteiger charge is 2.32. The van der Waals surface area contributed by atoms with Gasteiger partial charge < -0.3 is 5.32 Å². The van der Waals surface area contributed by atoms with Crippen LogP contribution >= 0.6 is 0 Å². The topological polar surface area (TPSA) is 104 Å². The molecule has 0 spiro atoms. The van der Waals surface area contributed by atoms with Crippen molar-refractivity contribution < 1.29 is 22.8 Å². The van der Waals surface area contributed by atoms with Gasteiger partial charge in [-0.3, -0.25) is 23.6 Å². The van der Waals surface area contributed by atoms with Crippen LogP contribution in [0, 0.1) is 0 Å². The third-order valence-corrected chi connectivity index (χ3v) is 6.93. The van der Waals surface area contributed by atoms with Gasteiger partial charge in [0.2, 0.25) is 15.9 Å². The molecule has 4 rings (SSSR count). The summed E-state index contributed by atoms with van der Waals surface area (Å²) in [5.41, 5.74) is 2.33. The van der Waals surface area contributed by atoms with Crippen LogP contribution in [-0.4, -0.2) is 50.4 Å². The molecule has 1 N–H and O–H groups in total. The average molecular weight is 425 g/mol. The molecule has 0 aliphatic carbocycles. The molecule has 30 heavy (non-hydrogen) atoms. The summed E-state index contributed by atoms with van der Waals surface area (Å²) in [5.74, 6) is -1.00. The second-order valence-corrected chi connectivity index (χ2v) is 9.10. The molecule has 2 aromatic rings. The lowest BCUT2D eigenvalue weighted by molar-refractivity contribution is -0.111. The quantitative estimate of drug-likeness (QED) is 0.597. The first-order chi connectivity index (χ1) is 14.3. The van der Waals surface area contributed by atoms with Crippen molar-refractivity contribution in [1.82, 2.24) is 4.90 Å². The number of nitrogens with zero attached hydrogens (tertiary/aromatic N) is 2. The van der Waals surface area contributed by atoms with Crippen molar-refractivity contribution in [2.24, 2.45) is 0 Å². The number of hydrogen-bond acceptors (Lipinski definition) is 5. The van der Waals surface area contributed by atoms with Crippen molar-refractivity contribution in [3.8, 4) is 0 Å². The Morgan fingerprint density at radius 1 is 1.03 bits per heavy atom. The van der Waals surface area contributed by atoms with Crippen LogP contribution in [0.1, 0.15) is 32.7 Å². The second-order valence-electron chi connectivity index (χ2n) is 7.09. The molecule has 3 amide bonds. The fraction of sp³-hybridized carbons (Fsp3) is 0.190. The third-order valence-electron chi connectivity index (χ3n) is 5.06. The predicted octanol–water partition coefficient (Wildman–Crippen LogP) is 2.10. The summed E-state index contributed by atoms with van der Waals surface area (Å²) in [4.78, 5) is 37.2. The molecule has 2 heterocycles. The lowest BCUT2D eigenvalue weighted by atomic mass is 10.1. The van der Waals surface area contributed by atoms with Crippen molar-refractivity contribution in [2.45, 2.75) is 6.42 Å². The number of anilines is 2. The molecule has 2 aromatic carbocycles. The molecular formula is C21H19N3O5S. The predicted molar refractivity (Wildman–Crippen MR) is 113 cm³/mol. The number of carbonyl (C=O) groups excluding carboxylic acids is 3. The molecule has 2 aliphatic rings. The van der Waals surface area contributed by atoms with Crippen LogP contribution < -0.4 is 9.62 Å². The van der Waals surface area contributed by atoms with E-state index in [-0.39, 0.29) is 17.2 Å². The monoisotopic (exact) mass is 425 g/mol. The van der Waals surface area contributed by atoms with Crippen molar-refractivity contribution in [2.75, 3.05) is 29.0 Å². The van der Waals surface area contributed by atoms with Gasteiger partial charge >= 0.3 is 0 Å². The summed E-state index contributed by atoms with van der Waals surface area (Å²) in [6, 6.07) is 11.5. The number of rotatable bonds is 4. The van der Waals surface area contributed by atoms with Crippen molar-refractivity contribution in [3.05, 3.63) is 65.2 Å². The van der Waals surface area contributed by atoms with Crippen LogP contribution in [-0.2, 0) is 14.8 Å². The standard InChI is InChI=1S/C21H19N3O5S/c1-23-20(26)17-9-6-15(13-18(17)21(23)27)22-19(25)10-5-14-3-7-16(8-4-14)24-11-2-12-30(24,28)29/h3-10,13H,2,11-12H2,1H3,(H,22,25)/b10-5+. The van der Waals surface area contributed by atoms with Gasteiger partial charge in [0, 0.05) is 25.4 Å². The molecule has 2 aliphatic heterocycles. The van der Waals surface area contributed by atoms with Gasteiger partial charge in [0.05, 0.1) is 22.6 Å². The number of amides is 3. The first kappa shape index (κ1) is 19.8. The zero-order valence-electron chi connectivity index (χ0n) is 16.2. The molecule has 0 bridgehead atoms. The Labute approximate surface area is 173 Å². The SMILES string of the molecule is CN1C(=O)c2ccc(NC(=O)/C=C/c3ccc(N4CCCS4(=O)=O)cc3)cc2C1=O. The summed E-state index contributed by atoms with van der Waals surface area (Å²) in [6.45, 7) is 0.477. The van der Waals surface area contributed by atoms with E-state index in [0.29, 0.717) is 29.9 Å². The first-order valence-electron chi connectivity index (χ1n) is 9.32. The maximum absolute atomic E-state index is 12.2. The Morgan fingerprint density at radius 3 is 2.40 bits per heavy atom. The minimum absolute atomic E-state index is 0.160. The average Bonchev–Trinajstić information content (AvgIpc) is 3.19. The molecule has 0 aromatic heterocycles. The largest absolute Gasteiger partial charge is 0.322 e. The van der Waals surface area contributed by atoms with E-state index in [0.717, 1.165) is 10.5 Å². The van der Waals surface area contributed by atoms with Gasteiger partial charge in [0.25, 0.3) is 11.8 Å². The van der Waals surface area contributed by atoms with E-state index in [9.17, 15) is 22.8 Å². The fourth-order valence-corrected chi connectivity index (χ4v) is 5.04. The van der Waals surface area contributed by atoms with Gasteiger partial charge in [0.15, 0.2) is 0 Å². The van der Waals surface area contributed by atoms with Crippen LogP contribution in [0.3, 0.4) is 0 Å². The van der Waals surface area contributed by atoms with Gasteiger partial charge in [-0.1, -0.05) is 12.1 Å². The van der Waals surface area contributed by atoms with E-state index in [1.54, 1.807) is 36.4 Å². The molecule has 0 unspecified atom stereocenters. The zero-order valence-corrected chi connectivity index (χ0v) is 17.0. The summed E-state index contributed by atoms with van der Waals surface area (Å²) in [7, 11) is -1.81. The molecule has 1 fully saturated rings. The van der Waals surface area contributed by atoms with Gasteiger partial charge in [-0.15, -0.1) is 0 Å². The second kappa shape index (κ2) is 7.42.